The minimum atomic E-state index is 0.881. The van der Waals surface area contributed by atoms with Gasteiger partial charge in [-0.05, 0) is 64.6 Å². The molecule has 4 nitrogen and oxygen atoms in total. The van der Waals surface area contributed by atoms with E-state index in [0.717, 1.165) is 31.4 Å². The number of allylic oxidation sites excluding steroid dienone is 1. The molecule has 1 aliphatic heterocycles. The zero-order valence-corrected chi connectivity index (χ0v) is 15.0. The van der Waals surface area contributed by atoms with Gasteiger partial charge in [0.25, 0.3) is 0 Å². The summed E-state index contributed by atoms with van der Waals surface area (Å²) in [6, 6.07) is 0. The highest BCUT2D eigenvalue weighted by Gasteiger charge is 2.16. The molecule has 1 rings (SSSR count). The van der Waals surface area contributed by atoms with Gasteiger partial charge in [-0.3, -0.25) is 4.99 Å². The SMILES string of the molecule is C=CCCCCCN(C)C(=NC)NCCC1CCN(C)CC1. The molecule has 0 aromatic rings. The first-order valence-electron chi connectivity index (χ1n) is 8.88. The Morgan fingerprint density at radius 1 is 1.32 bits per heavy atom. The van der Waals surface area contributed by atoms with Crippen LogP contribution in [0.4, 0.5) is 0 Å². The molecule has 0 bridgehead atoms. The van der Waals surface area contributed by atoms with Crippen molar-refractivity contribution >= 4 is 5.96 Å². The quantitative estimate of drug-likeness (QED) is 0.307. The minimum absolute atomic E-state index is 0.881. The Morgan fingerprint density at radius 3 is 2.68 bits per heavy atom. The summed E-state index contributed by atoms with van der Waals surface area (Å²) in [7, 11) is 6.24. The number of unbranched alkanes of at least 4 members (excludes halogenated alkanes) is 3. The average Bonchev–Trinajstić information content (AvgIpc) is 2.53. The van der Waals surface area contributed by atoms with Gasteiger partial charge in [0.05, 0.1) is 0 Å². The third-order valence-corrected chi connectivity index (χ3v) is 4.65. The Balaban J connectivity index is 2.14. The van der Waals surface area contributed by atoms with Crippen LogP contribution in [0.2, 0.25) is 0 Å². The van der Waals surface area contributed by atoms with Crippen molar-refractivity contribution in [3.05, 3.63) is 12.7 Å². The van der Waals surface area contributed by atoms with Crippen molar-refractivity contribution in [3.8, 4) is 0 Å². The molecule has 128 valence electrons. The maximum atomic E-state index is 4.40. The van der Waals surface area contributed by atoms with E-state index in [1.54, 1.807) is 0 Å². The largest absolute Gasteiger partial charge is 0.356 e. The zero-order chi connectivity index (χ0) is 16.2. The van der Waals surface area contributed by atoms with Gasteiger partial charge in [0.2, 0.25) is 0 Å². The molecular formula is C18H36N4. The van der Waals surface area contributed by atoms with Crippen LogP contribution < -0.4 is 5.32 Å². The summed E-state index contributed by atoms with van der Waals surface area (Å²) in [4.78, 5) is 9.09. The van der Waals surface area contributed by atoms with Crippen molar-refractivity contribution in [3.63, 3.8) is 0 Å². The fourth-order valence-corrected chi connectivity index (χ4v) is 3.04. The van der Waals surface area contributed by atoms with E-state index in [0.29, 0.717) is 0 Å². The maximum Gasteiger partial charge on any atom is 0.193 e. The van der Waals surface area contributed by atoms with E-state index >= 15 is 0 Å². The van der Waals surface area contributed by atoms with Crippen molar-refractivity contribution < 1.29 is 0 Å². The molecule has 1 saturated heterocycles. The van der Waals surface area contributed by atoms with Gasteiger partial charge in [0.1, 0.15) is 0 Å². The Bertz CT molecular complexity index is 319. The second-order valence-electron chi connectivity index (χ2n) is 6.57. The van der Waals surface area contributed by atoms with Gasteiger partial charge < -0.3 is 15.1 Å². The molecule has 0 aromatic carbocycles. The van der Waals surface area contributed by atoms with Crippen molar-refractivity contribution in [2.24, 2.45) is 10.9 Å². The molecule has 0 radical (unpaired) electrons. The van der Waals surface area contributed by atoms with Crippen LogP contribution in [0, 0.1) is 5.92 Å². The van der Waals surface area contributed by atoms with Gasteiger partial charge in [-0.1, -0.05) is 12.5 Å². The molecule has 1 N–H and O–H groups in total. The zero-order valence-electron chi connectivity index (χ0n) is 15.0. The Hall–Kier alpha value is -1.03. The summed E-state index contributed by atoms with van der Waals surface area (Å²) in [6.07, 6.45) is 10.8. The van der Waals surface area contributed by atoms with Crippen LogP contribution in [0.3, 0.4) is 0 Å². The Labute approximate surface area is 137 Å². The fraction of sp³-hybridized carbons (Fsp3) is 0.833. The van der Waals surface area contributed by atoms with Crippen molar-refractivity contribution in [1.82, 2.24) is 15.1 Å². The van der Waals surface area contributed by atoms with Crippen molar-refractivity contribution in [2.75, 3.05) is 47.3 Å². The number of hydrogen-bond acceptors (Lipinski definition) is 2. The number of guanidine groups is 1. The highest BCUT2D eigenvalue weighted by atomic mass is 15.3. The smallest absolute Gasteiger partial charge is 0.193 e. The number of hydrogen-bond donors (Lipinski definition) is 1. The molecule has 1 heterocycles. The van der Waals surface area contributed by atoms with E-state index in [1.165, 1.54) is 51.6 Å². The van der Waals surface area contributed by atoms with E-state index in [4.69, 9.17) is 0 Å². The maximum absolute atomic E-state index is 4.40. The number of piperidine rings is 1. The molecule has 0 atom stereocenters. The molecule has 0 unspecified atom stereocenters. The summed E-state index contributed by atoms with van der Waals surface area (Å²) >= 11 is 0. The lowest BCUT2D eigenvalue weighted by molar-refractivity contribution is 0.212. The van der Waals surface area contributed by atoms with E-state index in [-0.39, 0.29) is 0 Å². The van der Waals surface area contributed by atoms with Crippen molar-refractivity contribution in [2.45, 2.75) is 44.9 Å². The first kappa shape index (κ1) is 19.0. The first-order valence-corrected chi connectivity index (χ1v) is 8.88. The van der Waals surface area contributed by atoms with Gasteiger partial charge in [-0.25, -0.2) is 0 Å². The van der Waals surface area contributed by atoms with Gasteiger partial charge in [0, 0.05) is 27.2 Å². The van der Waals surface area contributed by atoms with Crippen LogP contribution >= 0.6 is 0 Å². The van der Waals surface area contributed by atoms with Crippen LogP contribution in [-0.2, 0) is 0 Å². The third-order valence-electron chi connectivity index (χ3n) is 4.65. The molecule has 0 aliphatic carbocycles. The summed E-state index contributed by atoms with van der Waals surface area (Å²) in [5, 5.41) is 3.53. The molecule has 1 fully saturated rings. The van der Waals surface area contributed by atoms with E-state index in [1.807, 2.05) is 13.1 Å². The molecular weight excluding hydrogens is 272 g/mol. The predicted octanol–water partition coefficient (Wildman–Crippen LogP) is 2.97. The number of aliphatic imine (C=N–C) groups is 1. The van der Waals surface area contributed by atoms with Crippen molar-refractivity contribution in [1.29, 1.82) is 0 Å². The third kappa shape index (κ3) is 7.83. The molecule has 1 aliphatic rings. The number of rotatable bonds is 9. The lowest BCUT2D eigenvalue weighted by Gasteiger charge is -2.29. The van der Waals surface area contributed by atoms with Gasteiger partial charge in [0.15, 0.2) is 5.96 Å². The second kappa shape index (κ2) is 11.5. The molecule has 22 heavy (non-hydrogen) atoms. The lowest BCUT2D eigenvalue weighted by Crippen LogP contribution is -2.40. The molecule has 0 spiro atoms. The molecule has 0 aromatic heterocycles. The van der Waals surface area contributed by atoms with Crippen LogP contribution in [-0.4, -0.2) is 63.1 Å². The van der Waals surface area contributed by atoms with Crippen LogP contribution in [0.5, 0.6) is 0 Å². The van der Waals surface area contributed by atoms with E-state index in [9.17, 15) is 0 Å². The number of nitrogens with one attached hydrogen (secondary N) is 1. The second-order valence-corrected chi connectivity index (χ2v) is 6.57. The predicted molar refractivity (Wildman–Crippen MR) is 97.5 cm³/mol. The number of likely N-dealkylation sites (tertiary alicyclic amines) is 1. The van der Waals surface area contributed by atoms with E-state index in [2.05, 4.69) is 40.8 Å². The van der Waals surface area contributed by atoms with Crippen LogP contribution in [0.25, 0.3) is 0 Å². The molecule has 0 amide bonds. The van der Waals surface area contributed by atoms with Crippen LogP contribution in [0.1, 0.15) is 44.9 Å². The molecule has 0 saturated carbocycles. The lowest BCUT2D eigenvalue weighted by atomic mass is 9.94. The Kier molecular flexibility index (Phi) is 9.96. The van der Waals surface area contributed by atoms with Gasteiger partial charge >= 0.3 is 0 Å². The topological polar surface area (TPSA) is 30.9 Å². The van der Waals surface area contributed by atoms with E-state index < -0.39 is 0 Å². The van der Waals surface area contributed by atoms with Crippen LogP contribution in [0.15, 0.2) is 17.6 Å². The summed E-state index contributed by atoms with van der Waals surface area (Å²) in [5.41, 5.74) is 0. The minimum Gasteiger partial charge on any atom is -0.356 e. The fourth-order valence-electron chi connectivity index (χ4n) is 3.04. The first-order chi connectivity index (χ1) is 10.7. The average molecular weight is 309 g/mol. The summed E-state index contributed by atoms with van der Waals surface area (Å²) in [6.45, 7) is 8.39. The highest BCUT2D eigenvalue weighted by molar-refractivity contribution is 5.79. The summed E-state index contributed by atoms with van der Waals surface area (Å²) < 4.78 is 0. The highest BCUT2D eigenvalue weighted by Crippen LogP contribution is 2.18. The molecule has 4 heteroatoms. The monoisotopic (exact) mass is 308 g/mol. The van der Waals surface area contributed by atoms with Gasteiger partial charge in [-0.15, -0.1) is 6.58 Å². The van der Waals surface area contributed by atoms with Gasteiger partial charge in [-0.2, -0.15) is 0 Å². The standard InChI is InChI=1S/C18H36N4/c1-5-6-7-8-9-14-22(4)18(19-2)20-13-10-17-11-15-21(3)16-12-17/h5,17H,1,6-16H2,2-4H3,(H,19,20). The summed E-state index contributed by atoms with van der Waals surface area (Å²) in [5.74, 6) is 1.92. The Morgan fingerprint density at radius 2 is 2.05 bits per heavy atom. The number of nitrogens with zero attached hydrogens (tertiary/aromatic N) is 3. The normalized spacial score (nSPS) is 17.5.